The van der Waals surface area contributed by atoms with Gasteiger partial charge in [0.2, 0.25) is 23.6 Å². The summed E-state index contributed by atoms with van der Waals surface area (Å²) < 4.78 is 0. The minimum Gasteiger partial charge on any atom is -0.480 e. The highest BCUT2D eigenvalue weighted by molar-refractivity contribution is 5.95. The molecule has 3 rings (SSSR count). The first-order chi connectivity index (χ1) is 20.4. The van der Waals surface area contributed by atoms with Crippen molar-refractivity contribution >= 4 is 40.5 Å². The molecule has 0 aliphatic carbocycles. The largest absolute Gasteiger partial charge is 0.480 e. The van der Waals surface area contributed by atoms with Crippen molar-refractivity contribution in [2.75, 3.05) is 0 Å². The molecule has 0 saturated carbocycles. The van der Waals surface area contributed by atoms with Crippen molar-refractivity contribution in [3.05, 3.63) is 71.9 Å². The van der Waals surface area contributed by atoms with Crippen LogP contribution in [0.5, 0.6) is 0 Å². The third-order valence-electron chi connectivity index (χ3n) is 7.01. The van der Waals surface area contributed by atoms with Crippen LogP contribution < -0.4 is 27.4 Å². The van der Waals surface area contributed by atoms with Gasteiger partial charge < -0.3 is 37.5 Å². The Labute approximate surface area is 250 Å². The van der Waals surface area contributed by atoms with Gasteiger partial charge in [-0.2, -0.15) is 0 Å². The summed E-state index contributed by atoms with van der Waals surface area (Å²) in [5, 5.41) is 18.5. The van der Waals surface area contributed by atoms with Crippen LogP contribution in [-0.4, -0.2) is 63.9 Å². The van der Waals surface area contributed by atoms with Gasteiger partial charge in [0.05, 0.1) is 6.04 Å². The first-order valence-electron chi connectivity index (χ1n) is 14.2. The normalized spacial score (nSPS) is 14.0. The molecule has 43 heavy (non-hydrogen) atoms. The van der Waals surface area contributed by atoms with Crippen molar-refractivity contribution in [3.8, 4) is 0 Å². The van der Waals surface area contributed by atoms with Gasteiger partial charge >= 0.3 is 5.97 Å². The molecule has 4 unspecified atom stereocenters. The average Bonchev–Trinajstić information content (AvgIpc) is 3.37. The highest BCUT2D eigenvalue weighted by Gasteiger charge is 2.31. The molecule has 0 saturated heterocycles. The lowest BCUT2D eigenvalue weighted by Crippen LogP contribution is -2.58. The molecule has 0 aliphatic rings. The van der Waals surface area contributed by atoms with Gasteiger partial charge in [-0.25, -0.2) is 4.79 Å². The van der Waals surface area contributed by atoms with Crippen molar-refractivity contribution in [1.82, 2.24) is 20.9 Å². The molecule has 0 radical (unpaired) electrons. The molecular formula is C31H40N6O6. The number of carboxylic acids is 1. The van der Waals surface area contributed by atoms with E-state index in [9.17, 15) is 29.1 Å². The van der Waals surface area contributed by atoms with E-state index in [2.05, 4.69) is 20.9 Å². The Bertz CT molecular complexity index is 1420. The van der Waals surface area contributed by atoms with Gasteiger partial charge in [0.25, 0.3) is 0 Å². The van der Waals surface area contributed by atoms with Gasteiger partial charge in [0, 0.05) is 36.4 Å². The number of hydrogen-bond acceptors (Lipinski definition) is 6. The maximum absolute atomic E-state index is 13.7. The zero-order valence-electron chi connectivity index (χ0n) is 24.3. The molecule has 4 amide bonds. The number of aromatic nitrogens is 1. The third kappa shape index (κ3) is 9.96. The smallest absolute Gasteiger partial charge is 0.326 e. The first kappa shape index (κ1) is 32.8. The van der Waals surface area contributed by atoms with E-state index in [1.54, 1.807) is 30.5 Å². The number of nitrogens with one attached hydrogen (secondary N) is 4. The Kier molecular flexibility index (Phi) is 11.8. The van der Waals surface area contributed by atoms with Crippen LogP contribution in [0.2, 0.25) is 0 Å². The Morgan fingerprint density at radius 1 is 0.814 bits per heavy atom. The lowest BCUT2D eigenvalue weighted by atomic mass is 10.00. The lowest BCUT2D eigenvalue weighted by molar-refractivity contribution is -0.142. The van der Waals surface area contributed by atoms with Crippen molar-refractivity contribution < 1.29 is 29.1 Å². The van der Waals surface area contributed by atoms with Crippen molar-refractivity contribution in [2.24, 2.45) is 17.4 Å². The molecular weight excluding hydrogens is 552 g/mol. The Hall–Kier alpha value is -4.71. The summed E-state index contributed by atoms with van der Waals surface area (Å²) in [6.45, 7) is 3.69. The van der Waals surface area contributed by atoms with Crippen molar-refractivity contribution in [1.29, 1.82) is 0 Å². The highest BCUT2D eigenvalue weighted by atomic mass is 16.4. The summed E-state index contributed by atoms with van der Waals surface area (Å²) in [7, 11) is 0. The third-order valence-corrected chi connectivity index (χ3v) is 7.01. The van der Waals surface area contributed by atoms with E-state index in [0.717, 1.165) is 22.0 Å². The second-order valence-electron chi connectivity index (χ2n) is 11.0. The van der Waals surface area contributed by atoms with Crippen LogP contribution >= 0.6 is 0 Å². The number of primary amides is 1. The monoisotopic (exact) mass is 592 g/mol. The van der Waals surface area contributed by atoms with Gasteiger partial charge in [-0.15, -0.1) is 0 Å². The van der Waals surface area contributed by atoms with Crippen LogP contribution in [0.3, 0.4) is 0 Å². The number of aliphatic carboxylic acids is 1. The van der Waals surface area contributed by atoms with E-state index in [1.165, 1.54) is 0 Å². The number of para-hydroxylation sites is 1. The van der Waals surface area contributed by atoms with Crippen LogP contribution in [0.1, 0.15) is 44.2 Å². The predicted molar refractivity (Wildman–Crippen MR) is 161 cm³/mol. The number of rotatable bonds is 16. The summed E-state index contributed by atoms with van der Waals surface area (Å²) >= 11 is 0. The molecule has 4 atom stereocenters. The fraction of sp³-hybridized carbons (Fsp3) is 0.387. The topological polar surface area (TPSA) is 210 Å². The standard InChI is InChI=1S/C31H40N6O6/c1-18(2)14-26(31(42)43)37-30(41)25(16-20-17-34-23-11-7-6-10-21(20)23)36-29(40)24(15-19-8-4-3-5-9-19)35-28(39)22(32)12-13-27(33)38/h3-11,17-18,22,24-26,34H,12-16,32H2,1-2H3,(H2,33,38)(H,35,39)(H,36,40)(H,37,41)(H,42,43). The van der Waals surface area contributed by atoms with E-state index in [-0.39, 0.29) is 38.0 Å². The van der Waals surface area contributed by atoms with Crippen LogP contribution in [-0.2, 0) is 36.8 Å². The molecule has 9 N–H and O–H groups in total. The number of H-pyrrole nitrogens is 1. The molecule has 0 fully saturated rings. The van der Waals surface area contributed by atoms with Crippen LogP contribution in [0.4, 0.5) is 0 Å². The number of nitrogens with two attached hydrogens (primary N) is 2. The van der Waals surface area contributed by atoms with Gasteiger partial charge in [0.15, 0.2) is 0 Å². The number of benzene rings is 2. The second-order valence-corrected chi connectivity index (χ2v) is 11.0. The van der Waals surface area contributed by atoms with E-state index < -0.39 is 53.8 Å². The average molecular weight is 593 g/mol. The fourth-order valence-electron chi connectivity index (χ4n) is 4.73. The minimum absolute atomic E-state index is 0.00113. The van der Waals surface area contributed by atoms with Crippen LogP contribution in [0.25, 0.3) is 10.9 Å². The molecule has 2 aromatic carbocycles. The number of hydrogen-bond donors (Lipinski definition) is 7. The van der Waals surface area contributed by atoms with E-state index in [1.807, 2.05) is 44.2 Å². The number of fused-ring (bicyclic) bond motifs is 1. The SMILES string of the molecule is CC(C)CC(NC(=O)C(Cc1c[nH]c2ccccc12)NC(=O)C(Cc1ccccc1)NC(=O)C(N)CCC(N)=O)C(=O)O. The Morgan fingerprint density at radius 2 is 1.40 bits per heavy atom. The lowest BCUT2D eigenvalue weighted by Gasteiger charge is -2.26. The fourth-order valence-corrected chi connectivity index (χ4v) is 4.73. The number of amides is 4. The zero-order valence-corrected chi connectivity index (χ0v) is 24.3. The first-order valence-corrected chi connectivity index (χ1v) is 14.2. The molecule has 12 nitrogen and oxygen atoms in total. The van der Waals surface area contributed by atoms with Gasteiger partial charge in [-0.05, 0) is 36.0 Å². The van der Waals surface area contributed by atoms with Gasteiger partial charge in [-0.1, -0.05) is 62.4 Å². The molecule has 12 heteroatoms. The van der Waals surface area contributed by atoms with Crippen molar-refractivity contribution in [3.63, 3.8) is 0 Å². The summed E-state index contributed by atoms with van der Waals surface area (Å²) in [5.41, 5.74) is 13.4. The summed E-state index contributed by atoms with van der Waals surface area (Å²) in [5.74, 6) is -3.78. The minimum atomic E-state index is -1.18. The van der Waals surface area contributed by atoms with Crippen LogP contribution in [0, 0.1) is 5.92 Å². The van der Waals surface area contributed by atoms with E-state index >= 15 is 0 Å². The summed E-state index contributed by atoms with van der Waals surface area (Å²) in [4.78, 5) is 66.4. The van der Waals surface area contributed by atoms with Crippen molar-refractivity contribution in [2.45, 2.75) is 70.1 Å². The number of aromatic amines is 1. The summed E-state index contributed by atoms with van der Waals surface area (Å²) in [6, 6.07) is 11.9. The molecule has 0 aliphatic heterocycles. The molecule has 0 spiro atoms. The van der Waals surface area contributed by atoms with Crippen LogP contribution in [0.15, 0.2) is 60.8 Å². The molecule has 230 valence electrons. The maximum Gasteiger partial charge on any atom is 0.326 e. The van der Waals surface area contributed by atoms with E-state index in [4.69, 9.17) is 11.5 Å². The second kappa shape index (κ2) is 15.5. The number of carboxylic acid groups (broad SMARTS) is 1. The Balaban J connectivity index is 1.88. The van der Waals surface area contributed by atoms with Gasteiger partial charge in [0.1, 0.15) is 18.1 Å². The highest BCUT2D eigenvalue weighted by Crippen LogP contribution is 2.20. The van der Waals surface area contributed by atoms with E-state index in [0.29, 0.717) is 0 Å². The number of carbonyl (C=O) groups is 5. The maximum atomic E-state index is 13.7. The van der Waals surface area contributed by atoms with Gasteiger partial charge in [-0.3, -0.25) is 19.2 Å². The Morgan fingerprint density at radius 3 is 2.02 bits per heavy atom. The predicted octanol–water partition coefficient (Wildman–Crippen LogP) is 1.13. The quantitative estimate of drug-likeness (QED) is 0.129. The molecule has 1 aromatic heterocycles. The zero-order chi connectivity index (χ0) is 31.5. The number of carbonyl (C=O) groups excluding carboxylic acids is 4. The summed E-state index contributed by atoms with van der Waals surface area (Å²) in [6.07, 6.45) is 1.98. The molecule has 3 aromatic rings. The molecule has 0 bridgehead atoms. The molecule has 1 heterocycles.